The average molecular weight is 290 g/mol. The highest BCUT2D eigenvalue weighted by Gasteiger charge is 2.35. The standard InChI is InChI=1S/C16H22N2OS/c1-12-10-17-8-3-2-6-14(17)11-18(12)16(19)13-5-4-7-15(20)9-13/h4-5,7,9,12,14,20H,2-3,6,8,10-11H2,1H3. The smallest absolute Gasteiger partial charge is 0.254 e. The van der Waals surface area contributed by atoms with Gasteiger partial charge in [0, 0.05) is 35.6 Å². The zero-order valence-corrected chi connectivity index (χ0v) is 12.9. The van der Waals surface area contributed by atoms with Gasteiger partial charge in [0.2, 0.25) is 0 Å². The lowest BCUT2D eigenvalue weighted by Gasteiger charge is -2.47. The zero-order valence-electron chi connectivity index (χ0n) is 12.0. The van der Waals surface area contributed by atoms with Gasteiger partial charge in [-0.05, 0) is 44.5 Å². The van der Waals surface area contributed by atoms with Crippen molar-refractivity contribution in [1.82, 2.24) is 9.80 Å². The molecule has 0 bridgehead atoms. The van der Waals surface area contributed by atoms with E-state index in [9.17, 15) is 4.79 Å². The highest BCUT2D eigenvalue weighted by atomic mass is 32.1. The van der Waals surface area contributed by atoms with E-state index in [1.807, 2.05) is 24.3 Å². The minimum atomic E-state index is 0.152. The van der Waals surface area contributed by atoms with E-state index >= 15 is 0 Å². The third-order valence-electron chi connectivity index (χ3n) is 4.54. The fourth-order valence-corrected chi connectivity index (χ4v) is 3.67. The SMILES string of the molecule is CC1CN2CCCCC2CN1C(=O)c1cccc(S)c1. The molecule has 0 saturated carbocycles. The van der Waals surface area contributed by atoms with Gasteiger partial charge < -0.3 is 4.90 Å². The van der Waals surface area contributed by atoms with Gasteiger partial charge in [0.15, 0.2) is 0 Å². The van der Waals surface area contributed by atoms with Crippen LogP contribution in [-0.2, 0) is 0 Å². The summed E-state index contributed by atoms with van der Waals surface area (Å²) in [7, 11) is 0. The van der Waals surface area contributed by atoms with E-state index in [2.05, 4.69) is 29.4 Å². The number of hydrogen-bond donors (Lipinski definition) is 1. The van der Waals surface area contributed by atoms with E-state index in [-0.39, 0.29) is 5.91 Å². The Morgan fingerprint density at radius 1 is 1.30 bits per heavy atom. The minimum Gasteiger partial charge on any atom is -0.333 e. The van der Waals surface area contributed by atoms with Crippen molar-refractivity contribution < 1.29 is 4.79 Å². The molecule has 4 heteroatoms. The second-order valence-electron chi connectivity index (χ2n) is 6.00. The first-order valence-electron chi connectivity index (χ1n) is 7.49. The largest absolute Gasteiger partial charge is 0.333 e. The number of rotatable bonds is 1. The molecule has 2 saturated heterocycles. The molecule has 0 aliphatic carbocycles. The van der Waals surface area contributed by atoms with Crippen LogP contribution in [0.1, 0.15) is 36.5 Å². The summed E-state index contributed by atoms with van der Waals surface area (Å²) in [6, 6.07) is 8.41. The Morgan fingerprint density at radius 2 is 2.15 bits per heavy atom. The topological polar surface area (TPSA) is 23.6 Å². The molecule has 0 spiro atoms. The lowest BCUT2D eigenvalue weighted by Crippen LogP contribution is -2.60. The number of amides is 1. The van der Waals surface area contributed by atoms with E-state index < -0.39 is 0 Å². The number of piperazine rings is 1. The summed E-state index contributed by atoms with van der Waals surface area (Å²) < 4.78 is 0. The first-order valence-corrected chi connectivity index (χ1v) is 7.94. The van der Waals surface area contributed by atoms with Crippen LogP contribution in [0.5, 0.6) is 0 Å². The van der Waals surface area contributed by atoms with Crippen molar-refractivity contribution in [2.75, 3.05) is 19.6 Å². The zero-order chi connectivity index (χ0) is 14.1. The van der Waals surface area contributed by atoms with Crippen LogP contribution in [0.2, 0.25) is 0 Å². The third kappa shape index (κ3) is 2.72. The van der Waals surface area contributed by atoms with Gasteiger partial charge in [-0.3, -0.25) is 9.69 Å². The molecule has 2 atom stereocenters. The summed E-state index contributed by atoms with van der Waals surface area (Å²) in [5.74, 6) is 0.152. The normalized spacial score (nSPS) is 27.2. The van der Waals surface area contributed by atoms with Crippen molar-refractivity contribution in [3.63, 3.8) is 0 Å². The lowest BCUT2D eigenvalue weighted by molar-refractivity contribution is 0.0151. The van der Waals surface area contributed by atoms with Crippen molar-refractivity contribution >= 4 is 18.5 Å². The maximum Gasteiger partial charge on any atom is 0.254 e. The highest BCUT2D eigenvalue weighted by molar-refractivity contribution is 7.80. The molecule has 3 rings (SSSR count). The molecule has 2 unspecified atom stereocenters. The molecule has 0 N–H and O–H groups in total. The van der Waals surface area contributed by atoms with Crippen LogP contribution in [0.15, 0.2) is 29.2 Å². The Hall–Kier alpha value is -1.00. The molecule has 2 heterocycles. The second-order valence-corrected chi connectivity index (χ2v) is 6.52. The fourth-order valence-electron chi connectivity index (χ4n) is 3.44. The van der Waals surface area contributed by atoms with Crippen LogP contribution in [0, 0.1) is 0 Å². The molecule has 1 aromatic carbocycles. The number of thiol groups is 1. The molecule has 2 aliphatic rings. The predicted octanol–water partition coefficient (Wildman–Crippen LogP) is 2.67. The molecule has 108 valence electrons. The van der Waals surface area contributed by atoms with Gasteiger partial charge in [-0.1, -0.05) is 12.5 Å². The van der Waals surface area contributed by atoms with E-state index in [0.29, 0.717) is 12.1 Å². The van der Waals surface area contributed by atoms with E-state index in [4.69, 9.17) is 0 Å². The molecular weight excluding hydrogens is 268 g/mol. The number of fused-ring (bicyclic) bond motifs is 1. The van der Waals surface area contributed by atoms with Crippen LogP contribution < -0.4 is 0 Å². The summed E-state index contributed by atoms with van der Waals surface area (Å²) in [6.45, 7) is 5.24. The summed E-state index contributed by atoms with van der Waals surface area (Å²) >= 11 is 4.33. The quantitative estimate of drug-likeness (QED) is 0.804. The molecular formula is C16H22N2OS. The molecule has 0 aromatic heterocycles. The Kier molecular flexibility index (Phi) is 4.03. The summed E-state index contributed by atoms with van der Waals surface area (Å²) in [4.78, 5) is 18.2. The minimum absolute atomic E-state index is 0.152. The number of carbonyl (C=O) groups is 1. The molecule has 1 aromatic rings. The van der Waals surface area contributed by atoms with E-state index in [1.54, 1.807) is 0 Å². The summed E-state index contributed by atoms with van der Waals surface area (Å²) in [6.07, 6.45) is 3.83. The molecule has 20 heavy (non-hydrogen) atoms. The number of piperidine rings is 1. The Bertz CT molecular complexity index is 505. The molecule has 2 aliphatic heterocycles. The second kappa shape index (κ2) is 5.78. The van der Waals surface area contributed by atoms with Gasteiger partial charge in [0.1, 0.15) is 0 Å². The van der Waals surface area contributed by atoms with Gasteiger partial charge >= 0.3 is 0 Å². The van der Waals surface area contributed by atoms with Crippen molar-refractivity contribution in [3.05, 3.63) is 29.8 Å². The highest BCUT2D eigenvalue weighted by Crippen LogP contribution is 2.25. The first-order chi connectivity index (χ1) is 9.65. The molecule has 0 radical (unpaired) electrons. The van der Waals surface area contributed by atoms with Gasteiger partial charge in [-0.2, -0.15) is 0 Å². The fraction of sp³-hybridized carbons (Fsp3) is 0.562. The number of benzene rings is 1. The van der Waals surface area contributed by atoms with Gasteiger partial charge in [0.25, 0.3) is 5.91 Å². The maximum atomic E-state index is 12.7. The Labute approximate surface area is 126 Å². The summed E-state index contributed by atoms with van der Waals surface area (Å²) in [5, 5.41) is 0. The third-order valence-corrected chi connectivity index (χ3v) is 4.82. The number of nitrogens with zero attached hydrogens (tertiary/aromatic N) is 2. The Balaban J connectivity index is 1.77. The van der Waals surface area contributed by atoms with Crippen LogP contribution in [-0.4, -0.2) is 47.4 Å². The van der Waals surface area contributed by atoms with Crippen molar-refractivity contribution in [2.45, 2.75) is 43.2 Å². The Morgan fingerprint density at radius 3 is 2.95 bits per heavy atom. The lowest BCUT2D eigenvalue weighted by atomic mass is 9.96. The van der Waals surface area contributed by atoms with Crippen molar-refractivity contribution in [2.24, 2.45) is 0 Å². The van der Waals surface area contributed by atoms with Gasteiger partial charge in [0.05, 0.1) is 0 Å². The van der Waals surface area contributed by atoms with E-state index in [0.717, 1.165) is 23.5 Å². The number of carbonyl (C=O) groups excluding carboxylic acids is 1. The summed E-state index contributed by atoms with van der Waals surface area (Å²) in [5.41, 5.74) is 0.758. The van der Waals surface area contributed by atoms with Crippen LogP contribution >= 0.6 is 12.6 Å². The monoisotopic (exact) mass is 290 g/mol. The molecule has 2 fully saturated rings. The van der Waals surface area contributed by atoms with Crippen LogP contribution in [0.25, 0.3) is 0 Å². The van der Waals surface area contributed by atoms with Crippen molar-refractivity contribution in [1.29, 1.82) is 0 Å². The van der Waals surface area contributed by atoms with Gasteiger partial charge in [-0.25, -0.2) is 0 Å². The van der Waals surface area contributed by atoms with Gasteiger partial charge in [-0.15, -0.1) is 12.6 Å². The number of hydrogen-bond acceptors (Lipinski definition) is 3. The maximum absolute atomic E-state index is 12.7. The predicted molar refractivity (Wildman–Crippen MR) is 83.4 cm³/mol. The van der Waals surface area contributed by atoms with Crippen LogP contribution in [0.4, 0.5) is 0 Å². The first kappa shape index (κ1) is 14.0. The van der Waals surface area contributed by atoms with E-state index in [1.165, 1.54) is 25.8 Å². The molecule has 1 amide bonds. The molecule has 3 nitrogen and oxygen atoms in total. The average Bonchev–Trinajstić information content (AvgIpc) is 2.46. The van der Waals surface area contributed by atoms with Crippen LogP contribution in [0.3, 0.4) is 0 Å². The van der Waals surface area contributed by atoms with Crippen molar-refractivity contribution in [3.8, 4) is 0 Å².